The van der Waals surface area contributed by atoms with E-state index in [4.69, 9.17) is 17.3 Å². The van der Waals surface area contributed by atoms with Crippen LogP contribution in [0, 0.1) is 6.92 Å². The quantitative estimate of drug-likeness (QED) is 0.858. The average Bonchev–Trinajstić information content (AvgIpc) is 2.88. The van der Waals surface area contributed by atoms with Gasteiger partial charge in [-0.3, -0.25) is 4.68 Å². The van der Waals surface area contributed by atoms with Gasteiger partial charge in [0.15, 0.2) is 0 Å². The first kappa shape index (κ1) is 12.4. The van der Waals surface area contributed by atoms with Crippen LogP contribution in [0.5, 0.6) is 0 Å². The Balaban J connectivity index is 1.93. The number of anilines is 2. The second kappa shape index (κ2) is 4.46. The standard InChI is InChI=1S/C14H17ClN4/c1-9-11(14(15)18(2)17-9)8-19-7-6-10-12(16)4-3-5-13(10)19/h3-5H,6-8,16H2,1-2H3. The highest BCUT2D eigenvalue weighted by molar-refractivity contribution is 6.30. The molecule has 0 unspecified atom stereocenters. The smallest absolute Gasteiger partial charge is 0.131 e. The van der Waals surface area contributed by atoms with E-state index in [1.54, 1.807) is 4.68 Å². The van der Waals surface area contributed by atoms with Crippen LogP contribution in [-0.2, 0) is 20.0 Å². The lowest BCUT2D eigenvalue weighted by atomic mass is 10.1. The summed E-state index contributed by atoms with van der Waals surface area (Å²) in [4.78, 5) is 2.32. The lowest BCUT2D eigenvalue weighted by Gasteiger charge is -2.19. The summed E-state index contributed by atoms with van der Waals surface area (Å²) in [6, 6.07) is 6.09. The van der Waals surface area contributed by atoms with Gasteiger partial charge in [-0.25, -0.2) is 0 Å². The molecule has 1 aromatic heterocycles. The summed E-state index contributed by atoms with van der Waals surface area (Å²) < 4.78 is 1.72. The van der Waals surface area contributed by atoms with E-state index >= 15 is 0 Å². The van der Waals surface area contributed by atoms with Gasteiger partial charge in [0.1, 0.15) is 5.15 Å². The van der Waals surface area contributed by atoms with Crippen LogP contribution in [0.25, 0.3) is 0 Å². The molecule has 3 rings (SSSR count). The van der Waals surface area contributed by atoms with Crippen molar-refractivity contribution in [3.8, 4) is 0 Å². The maximum Gasteiger partial charge on any atom is 0.131 e. The summed E-state index contributed by atoms with van der Waals surface area (Å²) in [6.45, 7) is 3.76. The Morgan fingerprint density at radius 1 is 1.42 bits per heavy atom. The lowest BCUT2D eigenvalue weighted by Crippen LogP contribution is -2.20. The van der Waals surface area contributed by atoms with Gasteiger partial charge in [0.25, 0.3) is 0 Å². The van der Waals surface area contributed by atoms with Crippen molar-refractivity contribution in [2.24, 2.45) is 7.05 Å². The third-order valence-electron chi connectivity index (χ3n) is 3.78. The van der Waals surface area contributed by atoms with Gasteiger partial charge in [-0.05, 0) is 25.5 Å². The number of fused-ring (bicyclic) bond motifs is 1. The predicted octanol–water partition coefficient (Wildman–Crippen LogP) is 2.53. The highest BCUT2D eigenvalue weighted by Gasteiger charge is 2.23. The van der Waals surface area contributed by atoms with Crippen molar-refractivity contribution < 1.29 is 0 Å². The largest absolute Gasteiger partial charge is 0.398 e. The number of nitrogens with zero attached hydrogens (tertiary/aromatic N) is 3. The van der Waals surface area contributed by atoms with Crippen molar-refractivity contribution in [3.63, 3.8) is 0 Å². The van der Waals surface area contributed by atoms with Crippen molar-refractivity contribution in [3.05, 3.63) is 40.2 Å². The summed E-state index contributed by atoms with van der Waals surface area (Å²) in [7, 11) is 1.87. The lowest BCUT2D eigenvalue weighted by molar-refractivity contribution is 0.757. The van der Waals surface area contributed by atoms with Gasteiger partial charge in [0.05, 0.1) is 5.69 Å². The molecule has 0 aliphatic carbocycles. The summed E-state index contributed by atoms with van der Waals surface area (Å²) in [5, 5.41) is 5.08. The van der Waals surface area contributed by atoms with E-state index in [2.05, 4.69) is 16.1 Å². The van der Waals surface area contributed by atoms with Crippen LogP contribution in [0.4, 0.5) is 11.4 Å². The minimum absolute atomic E-state index is 0.717. The van der Waals surface area contributed by atoms with E-state index < -0.39 is 0 Å². The first-order valence-electron chi connectivity index (χ1n) is 6.38. The number of benzene rings is 1. The van der Waals surface area contributed by atoms with Gasteiger partial charge in [0, 0.05) is 42.6 Å². The van der Waals surface area contributed by atoms with Gasteiger partial charge in [-0.1, -0.05) is 17.7 Å². The van der Waals surface area contributed by atoms with Crippen molar-refractivity contribution in [1.29, 1.82) is 0 Å². The van der Waals surface area contributed by atoms with Gasteiger partial charge in [-0.15, -0.1) is 0 Å². The molecule has 0 bridgehead atoms. The second-order valence-electron chi connectivity index (χ2n) is 4.99. The molecule has 0 atom stereocenters. The topological polar surface area (TPSA) is 47.1 Å². The molecule has 0 radical (unpaired) electrons. The van der Waals surface area contributed by atoms with Crippen LogP contribution in [0.3, 0.4) is 0 Å². The summed E-state index contributed by atoms with van der Waals surface area (Å²) >= 11 is 6.30. The Morgan fingerprint density at radius 3 is 2.89 bits per heavy atom. The number of hydrogen-bond donors (Lipinski definition) is 1. The Hall–Kier alpha value is -1.68. The maximum atomic E-state index is 6.30. The summed E-state index contributed by atoms with van der Waals surface area (Å²) in [6.07, 6.45) is 0.999. The van der Waals surface area contributed by atoms with Gasteiger partial charge in [-0.2, -0.15) is 5.10 Å². The Labute approximate surface area is 117 Å². The molecule has 100 valence electrons. The number of nitrogen functional groups attached to an aromatic ring is 1. The van der Waals surface area contributed by atoms with Crippen molar-refractivity contribution in [1.82, 2.24) is 9.78 Å². The Bertz CT molecular complexity index is 633. The third kappa shape index (κ3) is 1.96. The molecule has 2 N–H and O–H groups in total. The first-order valence-corrected chi connectivity index (χ1v) is 6.76. The number of hydrogen-bond acceptors (Lipinski definition) is 3. The number of nitrogens with two attached hydrogens (primary N) is 1. The molecule has 0 amide bonds. The Morgan fingerprint density at radius 2 is 2.21 bits per heavy atom. The van der Waals surface area contributed by atoms with Crippen molar-refractivity contribution in [2.75, 3.05) is 17.2 Å². The SMILES string of the molecule is Cc1nn(C)c(Cl)c1CN1CCc2c(N)cccc21. The zero-order valence-corrected chi connectivity index (χ0v) is 11.9. The number of aryl methyl sites for hydroxylation is 2. The van der Waals surface area contributed by atoms with E-state index in [9.17, 15) is 0 Å². The monoisotopic (exact) mass is 276 g/mol. The molecule has 0 saturated heterocycles. The van der Waals surface area contributed by atoms with Crippen molar-refractivity contribution in [2.45, 2.75) is 19.9 Å². The Kier molecular flexibility index (Phi) is 2.90. The van der Waals surface area contributed by atoms with Crippen LogP contribution in [0.1, 0.15) is 16.8 Å². The molecular formula is C14H17ClN4. The predicted molar refractivity (Wildman–Crippen MR) is 78.6 cm³/mol. The van der Waals surface area contributed by atoms with Crippen LogP contribution >= 0.6 is 11.6 Å². The molecule has 1 aliphatic heterocycles. The first-order chi connectivity index (χ1) is 9.08. The fraction of sp³-hybridized carbons (Fsp3) is 0.357. The number of aromatic nitrogens is 2. The maximum absolute atomic E-state index is 6.30. The van der Waals surface area contributed by atoms with Crippen molar-refractivity contribution >= 4 is 23.0 Å². The van der Waals surface area contributed by atoms with E-state index in [0.717, 1.165) is 41.6 Å². The normalized spacial score (nSPS) is 13.9. The minimum atomic E-state index is 0.717. The van der Waals surface area contributed by atoms with Gasteiger partial charge in [0.2, 0.25) is 0 Å². The molecule has 2 heterocycles. The molecule has 4 nitrogen and oxygen atoms in total. The fourth-order valence-electron chi connectivity index (χ4n) is 2.74. The molecule has 0 fully saturated rings. The summed E-state index contributed by atoms with van der Waals surface area (Å²) in [5.41, 5.74) is 11.5. The third-order valence-corrected chi connectivity index (χ3v) is 4.25. The van der Waals surface area contributed by atoms with Crippen LogP contribution in [0.15, 0.2) is 18.2 Å². The van der Waals surface area contributed by atoms with E-state index in [0.29, 0.717) is 0 Å². The number of rotatable bonds is 2. The summed E-state index contributed by atoms with van der Waals surface area (Å²) in [5.74, 6) is 0. The van der Waals surface area contributed by atoms with E-state index in [-0.39, 0.29) is 0 Å². The molecular weight excluding hydrogens is 260 g/mol. The molecule has 1 aromatic carbocycles. The molecule has 2 aromatic rings. The molecule has 5 heteroatoms. The molecule has 0 saturated carbocycles. The minimum Gasteiger partial charge on any atom is -0.398 e. The van der Waals surface area contributed by atoms with Crippen LogP contribution < -0.4 is 10.6 Å². The van der Waals surface area contributed by atoms with E-state index in [1.807, 2.05) is 26.1 Å². The molecule has 19 heavy (non-hydrogen) atoms. The second-order valence-corrected chi connectivity index (χ2v) is 5.35. The average molecular weight is 277 g/mol. The van der Waals surface area contributed by atoms with E-state index in [1.165, 1.54) is 11.3 Å². The highest BCUT2D eigenvalue weighted by atomic mass is 35.5. The zero-order chi connectivity index (χ0) is 13.6. The molecule has 0 spiro atoms. The van der Waals surface area contributed by atoms with Crippen LogP contribution in [0.2, 0.25) is 5.15 Å². The highest BCUT2D eigenvalue weighted by Crippen LogP contribution is 2.34. The van der Waals surface area contributed by atoms with Gasteiger partial charge >= 0.3 is 0 Å². The number of halogens is 1. The van der Waals surface area contributed by atoms with Gasteiger partial charge < -0.3 is 10.6 Å². The van der Waals surface area contributed by atoms with Crippen LogP contribution in [-0.4, -0.2) is 16.3 Å². The molecule has 1 aliphatic rings. The zero-order valence-electron chi connectivity index (χ0n) is 11.2. The fourth-order valence-corrected chi connectivity index (χ4v) is 2.97.